The smallest absolute Gasteiger partial charge is 0.128 e. The summed E-state index contributed by atoms with van der Waals surface area (Å²) in [5, 5.41) is 36.5. The van der Waals surface area contributed by atoms with Crippen LogP contribution in [0.4, 0.5) is 11.4 Å². The zero-order valence-electron chi connectivity index (χ0n) is 36.9. The summed E-state index contributed by atoms with van der Waals surface area (Å²) in [6.07, 6.45) is 3.62. The maximum Gasteiger partial charge on any atom is 0.128 e. The maximum atomic E-state index is 11.6. The van der Waals surface area contributed by atoms with Crippen LogP contribution in [0.3, 0.4) is 0 Å². The van der Waals surface area contributed by atoms with Gasteiger partial charge in [0.2, 0.25) is 0 Å². The number of phenolic OH excluding ortho intramolecular Hbond substituents is 2. The van der Waals surface area contributed by atoms with Gasteiger partial charge in [0.15, 0.2) is 0 Å². The summed E-state index contributed by atoms with van der Waals surface area (Å²) in [7, 11) is 0. The summed E-state index contributed by atoms with van der Waals surface area (Å²) in [4.78, 5) is 19.3. The molecule has 6 aromatic rings. The standard InChI is InChI=1S/C50H56N2O2.C2H4O2.Mn/c1-47(2,3)35-25-33(45(53)39(27-35)49(7,8)9)29-51-41-23-21-31-17-13-15-19-37(31)43(41)44-38-20-16-14-18-32(38)22-24-42(44)52-30-34-26-36(48(4,5)6)28-40(46(34)54)50(10,11)12;1-2(3)4;/h13-30,53-54H,1-12H3;1H3,(H,3,4);/p-1. The Morgan fingerprint density at radius 2 is 0.847 bits per heavy atom. The van der Waals surface area contributed by atoms with Gasteiger partial charge in [-0.3, -0.25) is 9.98 Å². The molecule has 0 fully saturated rings. The van der Waals surface area contributed by atoms with Crippen molar-refractivity contribution in [1.82, 2.24) is 0 Å². The molecule has 0 saturated carbocycles. The molecule has 0 aliphatic rings. The SMILES string of the molecule is CC(=O)[O-].CC(C)(C)c1cc(C=Nc2ccc3ccccc3c2-c2c(N=Cc3cc(C(C)(C)C)cc(C(C)(C)C)c3O)ccc3ccccc23)c(O)c(C(C)(C)C)c1.[Mn]. The van der Waals surface area contributed by atoms with Gasteiger partial charge in [-0.15, -0.1) is 0 Å². The molecule has 6 aromatic carbocycles. The fraction of sp³-hybridized carbons (Fsp3) is 0.327. The van der Waals surface area contributed by atoms with Gasteiger partial charge in [0.1, 0.15) is 11.5 Å². The van der Waals surface area contributed by atoms with Crippen molar-refractivity contribution in [1.29, 1.82) is 0 Å². The third-order valence-corrected chi connectivity index (χ3v) is 10.4. The molecule has 6 nitrogen and oxygen atoms in total. The molecule has 0 spiro atoms. The number of carboxylic acid groups (broad SMARTS) is 1. The number of rotatable bonds is 5. The third-order valence-electron chi connectivity index (χ3n) is 10.4. The molecule has 0 heterocycles. The molecule has 59 heavy (non-hydrogen) atoms. The molecule has 0 atom stereocenters. The minimum Gasteiger partial charge on any atom is -0.550 e. The summed E-state index contributed by atoms with van der Waals surface area (Å²) in [5.41, 5.74) is 8.16. The van der Waals surface area contributed by atoms with E-state index in [4.69, 9.17) is 19.9 Å². The number of aliphatic imine (C=N–C) groups is 2. The van der Waals surface area contributed by atoms with Crippen molar-refractivity contribution >= 4 is 51.3 Å². The first-order valence-electron chi connectivity index (χ1n) is 19.9. The topological polar surface area (TPSA) is 105 Å². The molecule has 0 aliphatic heterocycles. The summed E-state index contributed by atoms with van der Waals surface area (Å²) >= 11 is 0. The largest absolute Gasteiger partial charge is 0.550 e. The van der Waals surface area contributed by atoms with Crippen LogP contribution in [0, 0.1) is 0 Å². The number of carbonyl (C=O) groups is 1. The first kappa shape index (κ1) is 46.5. The second kappa shape index (κ2) is 17.5. The zero-order valence-corrected chi connectivity index (χ0v) is 38.1. The minimum absolute atomic E-state index is 0. The van der Waals surface area contributed by atoms with Crippen LogP contribution in [0.25, 0.3) is 32.7 Å². The molecule has 0 amide bonds. The van der Waals surface area contributed by atoms with Crippen LogP contribution in [0.5, 0.6) is 11.5 Å². The number of aliphatic carboxylic acids is 1. The molecule has 7 heteroatoms. The molecular weight excluding hydrogens is 772 g/mol. The van der Waals surface area contributed by atoms with Crippen molar-refractivity contribution in [3.63, 3.8) is 0 Å². The van der Waals surface area contributed by atoms with Crippen molar-refractivity contribution in [3.05, 3.63) is 130 Å². The van der Waals surface area contributed by atoms with Crippen LogP contribution in [-0.4, -0.2) is 28.6 Å². The Hall–Kier alpha value is -5.23. The number of hydrogen-bond donors (Lipinski definition) is 2. The normalized spacial score (nSPS) is 12.5. The Labute approximate surface area is 361 Å². The zero-order chi connectivity index (χ0) is 43.0. The van der Waals surface area contributed by atoms with Gasteiger partial charge >= 0.3 is 0 Å². The minimum atomic E-state index is -1.08. The summed E-state index contributed by atoms with van der Waals surface area (Å²) in [6, 6.07) is 33.5. The van der Waals surface area contributed by atoms with Crippen LogP contribution in [-0.2, 0) is 43.5 Å². The quantitative estimate of drug-likeness (QED) is 0.133. The predicted octanol–water partition coefficient (Wildman–Crippen LogP) is 12.5. The van der Waals surface area contributed by atoms with Gasteiger partial charge in [0.25, 0.3) is 0 Å². The number of fused-ring (bicyclic) bond motifs is 2. The molecule has 1 radical (unpaired) electrons. The first-order valence-corrected chi connectivity index (χ1v) is 19.9. The molecule has 309 valence electrons. The van der Waals surface area contributed by atoms with E-state index in [1.165, 1.54) is 0 Å². The van der Waals surface area contributed by atoms with E-state index in [1.54, 1.807) is 0 Å². The average Bonchev–Trinajstić information content (AvgIpc) is 3.11. The Bertz CT molecular complexity index is 2380. The van der Waals surface area contributed by atoms with E-state index in [-0.39, 0.29) is 50.2 Å². The average molecular weight is 831 g/mol. The number of hydrogen-bond acceptors (Lipinski definition) is 6. The van der Waals surface area contributed by atoms with Gasteiger partial charge in [-0.2, -0.15) is 0 Å². The van der Waals surface area contributed by atoms with Crippen LogP contribution in [0.2, 0.25) is 0 Å². The van der Waals surface area contributed by atoms with Gasteiger partial charge in [-0.1, -0.05) is 156 Å². The predicted molar refractivity (Wildman–Crippen MR) is 243 cm³/mol. The monoisotopic (exact) mass is 830 g/mol. The first-order chi connectivity index (χ1) is 26.9. The fourth-order valence-corrected chi connectivity index (χ4v) is 7.06. The van der Waals surface area contributed by atoms with Crippen molar-refractivity contribution in [2.75, 3.05) is 0 Å². The van der Waals surface area contributed by atoms with Crippen molar-refractivity contribution in [2.24, 2.45) is 9.98 Å². The van der Waals surface area contributed by atoms with Gasteiger partial charge in [0.05, 0.1) is 11.4 Å². The van der Waals surface area contributed by atoms with E-state index in [1.807, 2.05) is 12.4 Å². The second-order valence-electron chi connectivity index (χ2n) is 19.3. The number of aromatic hydroxyl groups is 2. The molecule has 0 aromatic heterocycles. The molecule has 0 bridgehead atoms. The Balaban J connectivity index is 0.00000147. The summed E-state index contributed by atoms with van der Waals surface area (Å²) in [6.45, 7) is 26.9. The number of benzene rings is 6. The Morgan fingerprint density at radius 1 is 0.525 bits per heavy atom. The molecule has 6 rings (SSSR count). The van der Waals surface area contributed by atoms with Crippen molar-refractivity contribution < 1.29 is 37.2 Å². The van der Waals surface area contributed by atoms with Gasteiger partial charge in [-0.05, 0) is 85.5 Å². The molecule has 0 aliphatic carbocycles. The van der Waals surface area contributed by atoms with Crippen LogP contribution in [0.1, 0.15) is 123 Å². The van der Waals surface area contributed by atoms with Gasteiger partial charge in [0, 0.05) is 68.8 Å². The van der Waals surface area contributed by atoms with E-state index in [2.05, 4.69) is 180 Å². The van der Waals surface area contributed by atoms with E-state index in [0.29, 0.717) is 11.1 Å². The van der Waals surface area contributed by atoms with Gasteiger partial charge in [-0.25, -0.2) is 0 Å². The molecular formula is C52H59MnN2O4-. The van der Waals surface area contributed by atoms with Crippen molar-refractivity contribution in [2.45, 2.75) is 112 Å². The van der Waals surface area contributed by atoms with E-state index in [0.717, 1.165) is 73.2 Å². The number of carboxylic acids is 1. The number of phenols is 2. The van der Waals surface area contributed by atoms with E-state index in [9.17, 15) is 10.2 Å². The maximum absolute atomic E-state index is 11.6. The summed E-state index contributed by atoms with van der Waals surface area (Å²) < 4.78 is 0. The molecule has 0 saturated heterocycles. The van der Waals surface area contributed by atoms with Crippen LogP contribution >= 0.6 is 0 Å². The molecule has 2 N–H and O–H groups in total. The molecule has 0 unspecified atom stereocenters. The number of nitrogens with zero attached hydrogens (tertiary/aromatic N) is 2. The Morgan fingerprint density at radius 3 is 1.15 bits per heavy atom. The van der Waals surface area contributed by atoms with E-state index < -0.39 is 5.97 Å². The number of carbonyl (C=O) groups excluding carboxylic acids is 1. The Kier molecular flexibility index (Phi) is 13.8. The fourth-order valence-electron chi connectivity index (χ4n) is 7.06. The second-order valence-corrected chi connectivity index (χ2v) is 19.3. The van der Waals surface area contributed by atoms with Crippen LogP contribution < -0.4 is 5.11 Å². The summed E-state index contributed by atoms with van der Waals surface area (Å²) in [5.74, 6) is -0.576. The third kappa shape index (κ3) is 10.7. The van der Waals surface area contributed by atoms with Gasteiger partial charge < -0.3 is 20.1 Å². The van der Waals surface area contributed by atoms with Crippen LogP contribution in [0.15, 0.2) is 107 Å². The van der Waals surface area contributed by atoms with E-state index >= 15 is 0 Å². The van der Waals surface area contributed by atoms with Crippen molar-refractivity contribution in [3.8, 4) is 22.6 Å².